The van der Waals surface area contributed by atoms with Gasteiger partial charge < -0.3 is 19.1 Å². The molecule has 2 saturated heterocycles. The zero-order valence-electron chi connectivity index (χ0n) is 32.0. The van der Waals surface area contributed by atoms with Gasteiger partial charge in [-0.3, -0.25) is 15.1 Å². The highest BCUT2D eigenvalue weighted by Gasteiger charge is 2.45. The van der Waals surface area contributed by atoms with Crippen LogP contribution in [0.1, 0.15) is 67.7 Å². The number of carbonyl (C=O) groups is 2. The highest BCUT2D eigenvalue weighted by molar-refractivity contribution is 7.22. The number of benzene rings is 2. The maximum Gasteiger partial charge on any atom is 0.413 e. The van der Waals surface area contributed by atoms with Gasteiger partial charge in [0.25, 0.3) is 0 Å². The quantitative estimate of drug-likeness (QED) is 0.182. The van der Waals surface area contributed by atoms with Gasteiger partial charge >= 0.3 is 18.2 Å². The van der Waals surface area contributed by atoms with Crippen LogP contribution >= 0.6 is 22.9 Å². The maximum absolute atomic E-state index is 17.2. The molecular weight excluding hydrogens is 752 g/mol. The van der Waals surface area contributed by atoms with E-state index < -0.39 is 28.9 Å². The van der Waals surface area contributed by atoms with Crippen molar-refractivity contribution in [1.29, 1.82) is 0 Å². The molecule has 5 heterocycles. The fourth-order valence-electron chi connectivity index (χ4n) is 7.45. The van der Waals surface area contributed by atoms with Crippen molar-refractivity contribution < 1.29 is 32.6 Å². The summed E-state index contributed by atoms with van der Waals surface area (Å²) in [6, 6.07) is 3.95. The molecule has 3 aliphatic heterocycles. The third-order valence-corrected chi connectivity index (χ3v) is 10.8. The fraction of sp³-hybridized carbons (Fsp3) is 0.513. The van der Waals surface area contributed by atoms with Gasteiger partial charge in [0.15, 0.2) is 10.9 Å². The number of hydrogen-bond donors (Lipinski definition) is 1. The monoisotopic (exact) mass is 797 g/mol. The van der Waals surface area contributed by atoms with Crippen molar-refractivity contribution in [1.82, 2.24) is 24.8 Å². The molecule has 0 aliphatic carbocycles. The van der Waals surface area contributed by atoms with Crippen LogP contribution in [0.25, 0.3) is 32.2 Å². The standard InChI is InChI=1S/C39H46ClF2N7O5S/c1-21(18-47-15-9-8-10-16-47)52-34-43-30-25(33(45-34)48-19-22-11-12-23(20-48)49(22)37(51)54-39(5,6)7)17-26(40)28(29(30)42)24-13-14-27(41)32-31(24)44-35(55-32)46-36(50)53-38(2,3)4/h8-9,13-14,17,21-23H,10-12,15-16,18-20H2,1-7H3,(H,44,46,50)/t21-,22?,23?/m0/s1. The van der Waals surface area contributed by atoms with E-state index in [9.17, 15) is 9.59 Å². The van der Waals surface area contributed by atoms with E-state index in [4.69, 9.17) is 30.8 Å². The summed E-state index contributed by atoms with van der Waals surface area (Å²) in [6.07, 6.45) is 5.36. The predicted octanol–water partition coefficient (Wildman–Crippen LogP) is 8.80. The van der Waals surface area contributed by atoms with Crippen molar-refractivity contribution in [2.75, 3.05) is 42.9 Å². The summed E-state index contributed by atoms with van der Waals surface area (Å²) in [7, 11) is 0. The fourth-order valence-corrected chi connectivity index (χ4v) is 8.62. The highest BCUT2D eigenvalue weighted by Crippen LogP contribution is 2.44. The minimum Gasteiger partial charge on any atom is -0.459 e. The normalized spacial score (nSPS) is 19.6. The molecule has 55 heavy (non-hydrogen) atoms. The average Bonchev–Trinajstić information content (AvgIpc) is 3.62. The van der Waals surface area contributed by atoms with E-state index in [1.165, 1.54) is 12.1 Å². The number of halogens is 3. The number of ether oxygens (including phenoxy) is 3. The van der Waals surface area contributed by atoms with E-state index in [2.05, 4.69) is 32.3 Å². The first-order chi connectivity index (χ1) is 25.9. The minimum atomic E-state index is -0.768. The van der Waals surface area contributed by atoms with Crippen LogP contribution < -0.4 is 15.0 Å². The largest absolute Gasteiger partial charge is 0.459 e. The molecule has 7 rings (SSSR count). The summed E-state index contributed by atoms with van der Waals surface area (Å²) in [4.78, 5) is 45.9. The Morgan fingerprint density at radius 1 is 1.00 bits per heavy atom. The van der Waals surface area contributed by atoms with Crippen molar-refractivity contribution in [2.45, 2.75) is 97.1 Å². The summed E-state index contributed by atoms with van der Waals surface area (Å²) >= 11 is 7.85. The molecule has 2 amide bonds. The molecule has 16 heteroatoms. The number of anilines is 2. The van der Waals surface area contributed by atoms with Crippen LogP contribution in [0.4, 0.5) is 29.3 Å². The summed E-state index contributed by atoms with van der Waals surface area (Å²) in [5.74, 6) is -0.921. The van der Waals surface area contributed by atoms with E-state index in [0.717, 1.165) is 43.7 Å². The zero-order chi connectivity index (χ0) is 39.4. The van der Waals surface area contributed by atoms with Crippen LogP contribution in [-0.2, 0) is 9.47 Å². The second-order valence-corrected chi connectivity index (χ2v) is 17.7. The van der Waals surface area contributed by atoms with Crippen molar-refractivity contribution in [3.63, 3.8) is 0 Å². The third-order valence-electron chi connectivity index (χ3n) is 9.57. The Kier molecular flexibility index (Phi) is 10.6. The van der Waals surface area contributed by atoms with Crippen molar-refractivity contribution in [3.8, 4) is 17.1 Å². The number of rotatable bonds is 7. The molecular formula is C39H46ClF2N7O5S. The predicted molar refractivity (Wildman–Crippen MR) is 210 cm³/mol. The topological polar surface area (TPSA) is 122 Å². The number of aromatic nitrogens is 3. The maximum atomic E-state index is 17.2. The Morgan fingerprint density at radius 3 is 2.36 bits per heavy atom. The van der Waals surface area contributed by atoms with Crippen molar-refractivity contribution in [3.05, 3.63) is 47.0 Å². The second-order valence-electron chi connectivity index (χ2n) is 16.3. The van der Waals surface area contributed by atoms with Crippen LogP contribution in [0.2, 0.25) is 5.02 Å². The first-order valence-electron chi connectivity index (χ1n) is 18.5. The Balaban J connectivity index is 1.29. The van der Waals surface area contributed by atoms with Gasteiger partial charge in [0.1, 0.15) is 34.5 Å². The molecule has 4 aromatic rings. The number of fused-ring (bicyclic) bond motifs is 4. The minimum absolute atomic E-state index is 0.00148. The van der Waals surface area contributed by atoms with Crippen LogP contribution in [0.5, 0.6) is 6.01 Å². The molecule has 2 unspecified atom stereocenters. The SMILES string of the molecule is C[C@@H](CN1CC=CCC1)Oc1nc(N2CC3CCC(C2)N3C(=O)OC(C)(C)C)c2cc(Cl)c(-c3ccc(F)c4sc(NC(=O)OC(C)(C)C)nc34)c(F)c2n1. The smallest absolute Gasteiger partial charge is 0.413 e. The molecule has 3 aliphatic rings. The number of carbonyl (C=O) groups excluding carboxylic acids is 2. The Morgan fingerprint density at radius 2 is 1.71 bits per heavy atom. The second kappa shape index (κ2) is 15.0. The third kappa shape index (κ3) is 8.43. The van der Waals surface area contributed by atoms with Crippen LogP contribution in [0.3, 0.4) is 0 Å². The summed E-state index contributed by atoms with van der Waals surface area (Å²) in [6.45, 7) is 15.8. The molecule has 0 saturated carbocycles. The Hall–Kier alpha value is -4.34. The molecule has 12 nitrogen and oxygen atoms in total. The molecule has 294 valence electrons. The van der Waals surface area contributed by atoms with E-state index in [-0.39, 0.29) is 67.3 Å². The Labute approximate surface area is 327 Å². The first-order valence-corrected chi connectivity index (χ1v) is 19.7. The number of hydrogen-bond acceptors (Lipinski definition) is 11. The van der Waals surface area contributed by atoms with Gasteiger partial charge in [-0.05, 0) is 85.9 Å². The van der Waals surface area contributed by atoms with Crippen LogP contribution in [-0.4, -0.2) is 99.1 Å². The summed E-state index contributed by atoms with van der Waals surface area (Å²) in [5.41, 5.74) is -1.15. The lowest BCUT2D eigenvalue weighted by atomic mass is 10.0. The van der Waals surface area contributed by atoms with Gasteiger partial charge in [-0.2, -0.15) is 9.97 Å². The van der Waals surface area contributed by atoms with Crippen molar-refractivity contribution in [2.24, 2.45) is 0 Å². The van der Waals surface area contributed by atoms with Gasteiger partial charge in [-0.1, -0.05) is 35.1 Å². The first kappa shape index (κ1) is 38.9. The van der Waals surface area contributed by atoms with E-state index in [1.807, 2.05) is 37.5 Å². The number of thiazole rings is 1. The van der Waals surface area contributed by atoms with Gasteiger partial charge in [-0.15, -0.1) is 0 Å². The lowest BCUT2D eigenvalue weighted by Gasteiger charge is -2.42. The average molecular weight is 798 g/mol. The molecule has 0 radical (unpaired) electrons. The van der Waals surface area contributed by atoms with Crippen molar-refractivity contribution >= 4 is 67.2 Å². The van der Waals surface area contributed by atoms with Gasteiger partial charge in [-0.25, -0.2) is 23.4 Å². The van der Waals surface area contributed by atoms with Gasteiger partial charge in [0, 0.05) is 49.2 Å². The highest BCUT2D eigenvalue weighted by atomic mass is 35.5. The molecule has 2 bridgehead atoms. The van der Waals surface area contributed by atoms with Gasteiger partial charge in [0.2, 0.25) is 0 Å². The number of amides is 2. The van der Waals surface area contributed by atoms with Gasteiger partial charge in [0.05, 0.1) is 27.3 Å². The molecule has 3 atom stereocenters. The lowest BCUT2D eigenvalue weighted by Crippen LogP contribution is -2.57. The molecule has 1 N–H and O–H groups in total. The zero-order valence-corrected chi connectivity index (χ0v) is 33.6. The van der Waals surface area contributed by atoms with Crippen LogP contribution in [0, 0.1) is 11.6 Å². The molecule has 2 aromatic carbocycles. The molecule has 2 fully saturated rings. The molecule has 0 spiro atoms. The van der Waals surface area contributed by atoms with E-state index in [0.29, 0.717) is 30.8 Å². The summed E-state index contributed by atoms with van der Waals surface area (Å²) in [5, 5.41) is 3.03. The number of nitrogens with zero attached hydrogens (tertiary/aromatic N) is 6. The molecule has 2 aromatic heterocycles. The Bertz CT molecular complexity index is 2160. The number of nitrogens with one attached hydrogen (secondary N) is 1. The van der Waals surface area contributed by atoms with Crippen LogP contribution in [0.15, 0.2) is 30.4 Å². The van der Waals surface area contributed by atoms with E-state index >= 15 is 8.78 Å². The lowest BCUT2D eigenvalue weighted by molar-refractivity contribution is 0.0122. The summed E-state index contributed by atoms with van der Waals surface area (Å²) < 4.78 is 50.0. The van der Waals surface area contributed by atoms with E-state index in [1.54, 1.807) is 26.8 Å². The number of piperazine rings is 1.